The summed E-state index contributed by atoms with van der Waals surface area (Å²) in [5.41, 5.74) is 2.66. The van der Waals surface area contributed by atoms with Gasteiger partial charge in [0.2, 0.25) is 0 Å². The maximum atomic E-state index is 11.2. The standard InChI is InChI=1S/C15H22O2.Ca.2H/c1-5-10(3)12-7-8-13(15(16)17)14(9-12)11(4)6-2;;;/h7-11H,5-6H2,1-4H3,(H,16,17);;;. The number of aromatic carboxylic acids is 1. The van der Waals surface area contributed by atoms with E-state index >= 15 is 0 Å². The van der Waals surface area contributed by atoms with Crippen molar-refractivity contribution in [1.29, 1.82) is 0 Å². The van der Waals surface area contributed by atoms with Gasteiger partial charge in [0.25, 0.3) is 0 Å². The first-order valence-corrected chi connectivity index (χ1v) is 6.38. The van der Waals surface area contributed by atoms with Gasteiger partial charge in [-0.25, -0.2) is 4.79 Å². The molecule has 98 valence electrons. The molecule has 1 aromatic carbocycles. The molecule has 0 bridgehead atoms. The predicted octanol–water partition coefficient (Wildman–Crippen LogP) is 3.50. The van der Waals surface area contributed by atoms with Gasteiger partial charge in [0.1, 0.15) is 0 Å². The molecule has 2 nitrogen and oxygen atoms in total. The molecule has 0 radical (unpaired) electrons. The molecule has 0 aliphatic rings. The van der Waals surface area contributed by atoms with Crippen LogP contribution in [0.5, 0.6) is 0 Å². The predicted molar refractivity (Wildman–Crippen MR) is 79.4 cm³/mol. The van der Waals surface area contributed by atoms with Crippen LogP contribution in [0.4, 0.5) is 0 Å². The third-order valence-corrected chi connectivity index (χ3v) is 3.63. The van der Waals surface area contributed by atoms with Gasteiger partial charge in [0, 0.05) is 0 Å². The van der Waals surface area contributed by atoms with Crippen molar-refractivity contribution >= 4 is 43.7 Å². The third-order valence-electron chi connectivity index (χ3n) is 3.63. The molecule has 0 saturated heterocycles. The van der Waals surface area contributed by atoms with Crippen LogP contribution in [0.1, 0.15) is 73.9 Å². The minimum absolute atomic E-state index is 0. The molecule has 18 heavy (non-hydrogen) atoms. The van der Waals surface area contributed by atoms with Gasteiger partial charge in [0.15, 0.2) is 0 Å². The number of carbonyl (C=O) groups is 1. The third kappa shape index (κ3) is 4.25. The van der Waals surface area contributed by atoms with Gasteiger partial charge in [-0.1, -0.05) is 39.8 Å². The Hall–Kier alpha value is -0.0503. The van der Waals surface area contributed by atoms with Gasteiger partial charge >= 0.3 is 43.7 Å². The van der Waals surface area contributed by atoms with Crippen LogP contribution in [0.3, 0.4) is 0 Å². The summed E-state index contributed by atoms with van der Waals surface area (Å²) in [6.45, 7) is 8.50. The fourth-order valence-electron chi connectivity index (χ4n) is 1.95. The van der Waals surface area contributed by atoms with Crippen LogP contribution in [0.15, 0.2) is 18.2 Å². The molecular weight excluding hydrogens is 252 g/mol. The molecule has 2 unspecified atom stereocenters. The van der Waals surface area contributed by atoms with Crippen molar-refractivity contribution in [3.05, 3.63) is 34.9 Å². The molecule has 0 fully saturated rings. The van der Waals surface area contributed by atoms with Gasteiger partial charge in [-0.3, -0.25) is 0 Å². The molecule has 0 spiro atoms. The van der Waals surface area contributed by atoms with Gasteiger partial charge in [0.05, 0.1) is 5.56 Å². The van der Waals surface area contributed by atoms with Crippen molar-refractivity contribution in [3.8, 4) is 0 Å². The first kappa shape index (κ1) is 17.9. The van der Waals surface area contributed by atoms with E-state index in [9.17, 15) is 9.90 Å². The first-order valence-electron chi connectivity index (χ1n) is 6.38. The Morgan fingerprint density at radius 1 is 1.17 bits per heavy atom. The van der Waals surface area contributed by atoms with E-state index in [1.54, 1.807) is 6.07 Å². The van der Waals surface area contributed by atoms with E-state index in [1.807, 2.05) is 6.07 Å². The summed E-state index contributed by atoms with van der Waals surface area (Å²) in [7, 11) is 0. The van der Waals surface area contributed by atoms with Crippen molar-refractivity contribution in [2.45, 2.75) is 52.4 Å². The SMILES string of the molecule is CCC(C)c1ccc(C(=O)O)c(C(C)CC)c1.[CaH2]. The second-order valence-electron chi connectivity index (χ2n) is 4.77. The summed E-state index contributed by atoms with van der Waals surface area (Å²) in [5, 5.41) is 9.20. The van der Waals surface area contributed by atoms with Crippen LogP contribution in [-0.4, -0.2) is 48.8 Å². The molecule has 0 aromatic heterocycles. The number of carboxylic acids is 1. The summed E-state index contributed by atoms with van der Waals surface area (Å²) in [5.74, 6) is -0.0400. The fraction of sp³-hybridized carbons (Fsp3) is 0.533. The van der Waals surface area contributed by atoms with Crippen LogP contribution in [0.2, 0.25) is 0 Å². The second kappa shape index (κ2) is 8.19. The Balaban J connectivity index is 0.00000289. The van der Waals surface area contributed by atoms with Gasteiger partial charge in [-0.15, -0.1) is 0 Å². The van der Waals surface area contributed by atoms with Crippen LogP contribution < -0.4 is 0 Å². The average molecular weight is 276 g/mol. The minimum atomic E-state index is -0.823. The number of rotatable bonds is 5. The molecule has 1 N–H and O–H groups in total. The van der Waals surface area contributed by atoms with Gasteiger partial charge < -0.3 is 5.11 Å². The van der Waals surface area contributed by atoms with E-state index in [0.29, 0.717) is 17.4 Å². The summed E-state index contributed by atoms with van der Waals surface area (Å²) in [6, 6.07) is 5.78. The van der Waals surface area contributed by atoms with E-state index in [-0.39, 0.29) is 37.7 Å². The summed E-state index contributed by atoms with van der Waals surface area (Å²) < 4.78 is 0. The first-order chi connectivity index (χ1) is 8.01. The molecule has 2 atom stereocenters. The van der Waals surface area contributed by atoms with E-state index in [2.05, 4.69) is 33.8 Å². The molecule has 0 amide bonds. The second-order valence-corrected chi connectivity index (χ2v) is 4.77. The van der Waals surface area contributed by atoms with E-state index < -0.39 is 5.97 Å². The number of hydrogen-bond acceptors (Lipinski definition) is 1. The van der Waals surface area contributed by atoms with Gasteiger partial charge in [-0.05, 0) is 41.9 Å². The van der Waals surface area contributed by atoms with Gasteiger partial charge in [-0.2, -0.15) is 0 Å². The summed E-state index contributed by atoms with van der Waals surface area (Å²) in [6.07, 6.45) is 2.04. The number of carboxylic acid groups (broad SMARTS) is 1. The zero-order valence-electron chi connectivity index (χ0n) is 11.2. The van der Waals surface area contributed by atoms with Crippen molar-refractivity contribution < 1.29 is 9.90 Å². The Morgan fingerprint density at radius 3 is 2.17 bits per heavy atom. The van der Waals surface area contributed by atoms with Crippen molar-refractivity contribution in [1.82, 2.24) is 0 Å². The van der Waals surface area contributed by atoms with Crippen LogP contribution in [0.25, 0.3) is 0 Å². The Kier molecular flexibility index (Phi) is 8.16. The molecule has 3 heteroatoms. The van der Waals surface area contributed by atoms with Crippen LogP contribution >= 0.6 is 0 Å². The molecule has 1 aromatic rings. The van der Waals surface area contributed by atoms with E-state index in [0.717, 1.165) is 18.4 Å². The fourth-order valence-corrected chi connectivity index (χ4v) is 1.95. The zero-order chi connectivity index (χ0) is 13.0. The van der Waals surface area contributed by atoms with E-state index in [4.69, 9.17) is 0 Å². The van der Waals surface area contributed by atoms with Crippen molar-refractivity contribution in [2.24, 2.45) is 0 Å². The Morgan fingerprint density at radius 2 is 1.72 bits per heavy atom. The zero-order valence-corrected chi connectivity index (χ0v) is 11.2. The quantitative estimate of drug-likeness (QED) is 0.836. The Bertz CT molecular complexity index is 401. The monoisotopic (exact) mass is 276 g/mol. The topological polar surface area (TPSA) is 37.3 Å². The molecule has 0 heterocycles. The Labute approximate surface area is 140 Å². The number of benzene rings is 1. The van der Waals surface area contributed by atoms with E-state index in [1.165, 1.54) is 5.56 Å². The molecular formula is C15H24CaO2. The van der Waals surface area contributed by atoms with Crippen LogP contribution in [-0.2, 0) is 0 Å². The normalized spacial score (nSPS) is 13.6. The van der Waals surface area contributed by atoms with Crippen molar-refractivity contribution in [2.75, 3.05) is 0 Å². The maximum absolute atomic E-state index is 11.2. The summed E-state index contributed by atoms with van der Waals surface area (Å²) in [4.78, 5) is 11.2. The van der Waals surface area contributed by atoms with Crippen molar-refractivity contribution in [3.63, 3.8) is 0 Å². The molecule has 0 saturated carbocycles. The molecule has 1 rings (SSSR count). The molecule has 0 aliphatic heterocycles. The number of hydrogen-bond donors (Lipinski definition) is 1. The summed E-state index contributed by atoms with van der Waals surface area (Å²) >= 11 is 0. The van der Waals surface area contributed by atoms with Crippen LogP contribution in [0, 0.1) is 0 Å². The molecule has 0 aliphatic carbocycles. The average Bonchev–Trinajstić information content (AvgIpc) is 2.35.